The van der Waals surface area contributed by atoms with E-state index in [0.717, 1.165) is 39.2 Å². The minimum absolute atomic E-state index is 0.292. The number of aromatic amines is 1. The molecule has 5 rings (SSSR count). The molecule has 0 aliphatic carbocycles. The first-order valence-electron chi connectivity index (χ1n) is 11.9. The van der Waals surface area contributed by atoms with Crippen molar-refractivity contribution in [2.45, 2.75) is 25.6 Å². The van der Waals surface area contributed by atoms with E-state index in [9.17, 15) is 18.0 Å². The summed E-state index contributed by atoms with van der Waals surface area (Å²) in [6.07, 6.45) is -1.92. The summed E-state index contributed by atoms with van der Waals surface area (Å²) in [5, 5.41) is 0. The molecule has 0 spiro atoms. The second-order valence-corrected chi connectivity index (χ2v) is 9.17. The van der Waals surface area contributed by atoms with Gasteiger partial charge in [0.15, 0.2) is 0 Å². The number of nitrogens with zero attached hydrogens (tertiary/aromatic N) is 5. The highest BCUT2D eigenvalue weighted by Crippen LogP contribution is 2.25. The summed E-state index contributed by atoms with van der Waals surface area (Å²) < 4.78 is 37.5. The van der Waals surface area contributed by atoms with Crippen molar-refractivity contribution in [1.82, 2.24) is 29.7 Å². The van der Waals surface area contributed by atoms with Gasteiger partial charge in [0.2, 0.25) is 5.91 Å². The highest BCUT2D eigenvalue weighted by Gasteiger charge is 2.34. The van der Waals surface area contributed by atoms with Gasteiger partial charge in [-0.05, 0) is 53.1 Å². The van der Waals surface area contributed by atoms with Gasteiger partial charge >= 0.3 is 6.18 Å². The van der Waals surface area contributed by atoms with Crippen LogP contribution >= 0.6 is 0 Å². The summed E-state index contributed by atoms with van der Waals surface area (Å²) >= 11 is 0. The molecule has 3 aromatic heterocycles. The van der Waals surface area contributed by atoms with Crippen molar-refractivity contribution >= 4 is 22.8 Å². The third-order valence-corrected chi connectivity index (χ3v) is 6.36. The molecule has 4 heterocycles. The Bertz CT molecular complexity index is 1410. The molecule has 1 amide bonds. The number of piperazine rings is 1. The highest BCUT2D eigenvalue weighted by atomic mass is 19.4. The summed E-state index contributed by atoms with van der Waals surface area (Å²) in [7, 11) is 0. The molecule has 4 aromatic rings. The minimum Gasteiger partial charge on any atom is -0.384 e. The molecule has 0 bridgehead atoms. The number of fused-ring (bicyclic) bond motifs is 1. The Labute approximate surface area is 211 Å². The van der Waals surface area contributed by atoms with Crippen molar-refractivity contribution in [3.8, 4) is 11.1 Å². The van der Waals surface area contributed by atoms with E-state index in [1.807, 2.05) is 42.5 Å². The van der Waals surface area contributed by atoms with Crippen LogP contribution < -0.4 is 5.73 Å². The zero-order chi connectivity index (χ0) is 26.0. The first-order chi connectivity index (χ1) is 17.7. The third kappa shape index (κ3) is 6.23. The van der Waals surface area contributed by atoms with Crippen molar-refractivity contribution < 1.29 is 18.0 Å². The van der Waals surface area contributed by atoms with Gasteiger partial charge in [-0.15, -0.1) is 0 Å². The maximum atomic E-state index is 12.5. The molecule has 0 atom stereocenters. The number of carbonyl (C=O) groups is 1. The zero-order valence-electron chi connectivity index (χ0n) is 20.0. The van der Waals surface area contributed by atoms with Gasteiger partial charge in [0.25, 0.3) is 0 Å². The molecule has 37 heavy (non-hydrogen) atoms. The first-order valence-corrected chi connectivity index (χ1v) is 11.9. The first kappa shape index (κ1) is 24.7. The molecular formula is C26H26F3N7O. The van der Waals surface area contributed by atoms with Crippen molar-refractivity contribution in [3.63, 3.8) is 0 Å². The Hall–Kier alpha value is -3.99. The summed E-state index contributed by atoms with van der Waals surface area (Å²) in [6, 6.07) is 13.7. The van der Waals surface area contributed by atoms with Crippen LogP contribution in [0.3, 0.4) is 0 Å². The van der Waals surface area contributed by atoms with Crippen LogP contribution in [0.2, 0.25) is 0 Å². The molecule has 1 fully saturated rings. The topological polar surface area (TPSA) is 104 Å². The minimum atomic E-state index is -4.47. The van der Waals surface area contributed by atoms with Crippen LogP contribution in [0, 0.1) is 0 Å². The number of benzene rings is 1. The highest BCUT2D eigenvalue weighted by molar-refractivity contribution is 5.82. The smallest absolute Gasteiger partial charge is 0.384 e. The Kier molecular flexibility index (Phi) is 6.79. The number of H-pyrrole nitrogens is 1. The average molecular weight is 510 g/mol. The summed E-state index contributed by atoms with van der Waals surface area (Å²) in [5.41, 5.74) is 11.5. The van der Waals surface area contributed by atoms with E-state index in [1.165, 1.54) is 4.90 Å². The number of hydrogen-bond donors (Lipinski definition) is 2. The number of nitrogens with one attached hydrogen (secondary N) is 1. The number of halogens is 3. The number of rotatable bonds is 6. The fourth-order valence-corrected chi connectivity index (χ4v) is 4.55. The number of nitrogens with two attached hydrogens (primary N) is 1. The standard InChI is InChI=1S/C26H26F3N7O/c27-26(28,29)15-25(37)36-9-7-35(8-10-36)16-17-3-5-31-20(11-17)14-24-33-21-2-1-18(12-22(21)34-24)19-4-6-32-23(30)13-19/h1-6,11-13H,7-10,14-16H2,(H2,30,32)(H,33,34). The van der Waals surface area contributed by atoms with Crippen molar-refractivity contribution in [1.29, 1.82) is 0 Å². The quantitative estimate of drug-likeness (QED) is 0.410. The Balaban J connectivity index is 1.21. The van der Waals surface area contributed by atoms with Gasteiger partial charge < -0.3 is 15.6 Å². The van der Waals surface area contributed by atoms with Gasteiger partial charge in [0.1, 0.15) is 18.1 Å². The van der Waals surface area contributed by atoms with E-state index >= 15 is 0 Å². The number of alkyl halides is 3. The second-order valence-electron chi connectivity index (χ2n) is 9.17. The van der Waals surface area contributed by atoms with Crippen molar-refractivity contribution in [2.24, 2.45) is 0 Å². The predicted octanol–water partition coefficient (Wildman–Crippen LogP) is 3.79. The largest absolute Gasteiger partial charge is 0.397 e. The number of anilines is 1. The maximum absolute atomic E-state index is 12.5. The van der Waals surface area contributed by atoms with Crippen LogP contribution in [0.25, 0.3) is 22.2 Å². The third-order valence-electron chi connectivity index (χ3n) is 6.36. The van der Waals surface area contributed by atoms with Crippen LogP contribution in [0.1, 0.15) is 23.5 Å². The molecular weight excluding hydrogens is 483 g/mol. The number of amides is 1. The van der Waals surface area contributed by atoms with E-state index in [4.69, 9.17) is 10.7 Å². The molecule has 0 saturated carbocycles. The Morgan fingerprint density at radius 2 is 1.73 bits per heavy atom. The molecule has 192 valence electrons. The van der Waals surface area contributed by atoms with Gasteiger partial charge in [-0.25, -0.2) is 9.97 Å². The summed E-state index contributed by atoms with van der Waals surface area (Å²) in [4.78, 5) is 31.8. The molecule has 1 aromatic carbocycles. The van der Waals surface area contributed by atoms with E-state index in [1.54, 1.807) is 12.4 Å². The monoisotopic (exact) mass is 509 g/mol. The average Bonchev–Trinajstić information content (AvgIpc) is 3.25. The summed E-state index contributed by atoms with van der Waals surface area (Å²) in [6.45, 7) is 2.27. The number of pyridine rings is 2. The number of carbonyl (C=O) groups excluding carboxylic acids is 1. The fourth-order valence-electron chi connectivity index (χ4n) is 4.55. The Morgan fingerprint density at radius 3 is 2.49 bits per heavy atom. The molecule has 3 N–H and O–H groups in total. The van der Waals surface area contributed by atoms with Crippen molar-refractivity contribution in [3.05, 3.63) is 71.9 Å². The lowest BCUT2D eigenvalue weighted by molar-refractivity contribution is -0.162. The SMILES string of the molecule is Nc1cc(-c2ccc3nc(Cc4cc(CN5CCN(C(=O)CC(F)(F)F)CC5)ccn4)[nH]c3c2)ccn1. The molecule has 8 nitrogen and oxygen atoms in total. The van der Waals surface area contributed by atoms with Gasteiger partial charge in [-0.2, -0.15) is 13.2 Å². The van der Waals surface area contributed by atoms with E-state index in [2.05, 4.69) is 19.9 Å². The lowest BCUT2D eigenvalue weighted by Crippen LogP contribution is -2.49. The van der Waals surface area contributed by atoms with Gasteiger partial charge in [-0.3, -0.25) is 14.7 Å². The zero-order valence-corrected chi connectivity index (χ0v) is 20.0. The number of aromatic nitrogens is 4. The fraction of sp³-hybridized carbons (Fsp3) is 0.308. The molecule has 11 heteroatoms. The molecule has 0 unspecified atom stereocenters. The lowest BCUT2D eigenvalue weighted by Gasteiger charge is -2.35. The Morgan fingerprint density at radius 1 is 0.973 bits per heavy atom. The molecule has 0 radical (unpaired) electrons. The molecule has 1 saturated heterocycles. The van der Waals surface area contributed by atoms with Crippen LogP contribution in [0.15, 0.2) is 54.9 Å². The molecule has 1 aliphatic rings. The van der Waals surface area contributed by atoms with Crippen molar-refractivity contribution in [2.75, 3.05) is 31.9 Å². The van der Waals surface area contributed by atoms with Crippen LogP contribution in [-0.4, -0.2) is 68.0 Å². The molecule has 1 aliphatic heterocycles. The van der Waals surface area contributed by atoms with E-state index < -0.39 is 18.5 Å². The predicted molar refractivity (Wildman–Crippen MR) is 133 cm³/mol. The number of hydrogen-bond acceptors (Lipinski definition) is 6. The van der Waals surface area contributed by atoms with Crippen LogP contribution in [0.5, 0.6) is 0 Å². The van der Waals surface area contributed by atoms with Gasteiger partial charge in [-0.1, -0.05) is 6.07 Å². The normalized spacial score (nSPS) is 14.8. The summed E-state index contributed by atoms with van der Waals surface area (Å²) in [5.74, 6) is 0.398. The van der Waals surface area contributed by atoms with E-state index in [-0.39, 0.29) is 0 Å². The van der Waals surface area contributed by atoms with Crippen LogP contribution in [0.4, 0.5) is 19.0 Å². The number of imidazole rings is 1. The maximum Gasteiger partial charge on any atom is 0.397 e. The van der Waals surface area contributed by atoms with Gasteiger partial charge in [0, 0.05) is 57.2 Å². The van der Waals surface area contributed by atoms with E-state index in [0.29, 0.717) is 45.0 Å². The van der Waals surface area contributed by atoms with Gasteiger partial charge in [0.05, 0.1) is 11.0 Å². The lowest BCUT2D eigenvalue weighted by atomic mass is 10.1. The second kappa shape index (κ2) is 10.2. The number of nitrogen functional groups attached to an aromatic ring is 1. The van der Waals surface area contributed by atoms with Crippen LogP contribution in [-0.2, 0) is 17.8 Å².